The molecule has 24 heavy (non-hydrogen) atoms. The molecule has 2 aromatic rings. The van der Waals surface area contributed by atoms with E-state index < -0.39 is 0 Å². The summed E-state index contributed by atoms with van der Waals surface area (Å²) in [5.41, 5.74) is 2.23. The summed E-state index contributed by atoms with van der Waals surface area (Å²) in [6, 6.07) is 5.97. The fraction of sp³-hybridized carbons (Fsp3) is 0.438. The molecular formula is C16H23N5O2S. The van der Waals surface area contributed by atoms with E-state index in [9.17, 15) is 4.79 Å². The minimum atomic E-state index is -0.301. The molecule has 1 aromatic heterocycles. The second-order valence-corrected chi connectivity index (χ2v) is 6.79. The summed E-state index contributed by atoms with van der Waals surface area (Å²) in [5.74, 6) is 7.24. The Morgan fingerprint density at radius 1 is 1.42 bits per heavy atom. The number of aryl methyl sites for hydroxylation is 2. The van der Waals surface area contributed by atoms with Crippen molar-refractivity contribution in [2.75, 3.05) is 12.4 Å². The number of nitrogen functional groups attached to an aromatic ring is 1. The van der Waals surface area contributed by atoms with Crippen molar-refractivity contribution < 1.29 is 9.53 Å². The van der Waals surface area contributed by atoms with Crippen molar-refractivity contribution in [3.8, 4) is 5.75 Å². The average Bonchev–Trinajstić information content (AvgIpc) is 2.87. The molecule has 0 aliphatic carbocycles. The van der Waals surface area contributed by atoms with Gasteiger partial charge in [0.1, 0.15) is 12.4 Å². The number of nitrogens with two attached hydrogens (primary N) is 1. The lowest BCUT2D eigenvalue weighted by Crippen LogP contribution is -2.31. The van der Waals surface area contributed by atoms with Crippen LogP contribution >= 0.6 is 11.8 Å². The Hall–Kier alpha value is -2.22. The molecule has 0 aliphatic heterocycles. The standard InChI is InChI=1S/C16H23N5O2S/c1-5-18-15(22)12(4)24-16-20-19-14(21(16)17)9-23-13-7-6-10(2)8-11(13)3/h6-8,12H,5,9,17H2,1-4H3,(H,18,22)/t12-/m0/s1. The Labute approximate surface area is 145 Å². The predicted octanol–water partition coefficient (Wildman–Crippen LogP) is 1.80. The molecule has 0 radical (unpaired) electrons. The van der Waals surface area contributed by atoms with E-state index in [0.29, 0.717) is 17.5 Å². The van der Waals surface area contributed by atoms with Crippen LogP contribution in [0.1, 0.15) is 30.8 Å². The first-order valence-corrected chi connectivity index (χ1v) is 8.64. The van der Waals surface area contributed by atoms with Gasteiger partial charge in [-0.2, -0.15) is 0 Å². The van der Waals surface area contributed by atoms with Gasteiger partial charge in [0, 0.05) is 6.54 Å². The average molecular weight is 349 g/mol. The maximum atomic E-state index is 11.8. The number of hydrogen-bond acceptors (Lipinski definition) is 6. The van der Waals surface area contributed by atoms with Gasteiger partial charge in [0.15, 0.2) is 5.82 Å². The summed E-state index contributed by atoms with van der Waals surface area (Å²) in [4.78, 5) is 11.8. The number of benzene rings is 1. The van der Waals surface area contributed by atoms with Crippen LogP contribution in [0.2, 0.25) is 0 Å². The Morgan fingerprint density at radius 2 is 2.17 bits per heavy atom. The van der Waals surface area contributed by atoms with E-state index in [4.69, 9.17) is 10.6 Å². The van der Waals surface area contributed by atoms with Gasteiger partial charge in [0.05, 0.1) is 5.25 Å². The number of carbonyl (C=O) groups is 1. The maximum Gasteiger partial charge on any atom is 0.233 e. The van der Waals surface area contributed by atoms with Gasteiger partial charge in [-0.05, 0) is 39.3 Å². The van der Waals surface area contributed by atoms with Crippen LogP contribution in [0.25, 0.3) is 0 Å². The van der Waals surface area contributed by atoms with Crippen LogP contribution < -0.4 is 15.9 Å². The maximum absolute atomic E-state index is 11.8. The van der Waals surface area contributed by atoms with E-state index in [2.05, 4.69) is 21.6 Å². The number of nitrogens with zero attached hydrogens (tertiary/aromatic N) is 3. The molecule has 1 atom stereocenters. The van der Waals surface area contributed by atoms with Crippen LogP contribution in [0.5, 0.6) is 5.75 Å². The molecule has 1 heterocycles. The first-order valence-electron chi connectivity index (χ1n) is 7.76. The Balaban J connectivity index is 2.00. The summed E-state index contributed by atoms with van der Waals surface area (Å²) >= 11 is 1.26. The van der Waals surface area contributed by atoms with Gasteiger partial charge in [-0.25, -0.2) is 4.68 Å². The number of carbonyl (C=O) groups excluding carboxylic acids is 1. The van der Waals surface area contributed by atoms with Gasteiger partial charge in [-0.1, -0.05) is 29.5 Å². The molecule has 7 nitrogen and oxygen atoms in total. The first kappa shape index (κ1) is 18.1. The highest BCUT2D eigenvalue weighted by molar-refractivity contribution is 8.00. The van der Waals surface area contributed by atoms with Crippen molar-refractivity contribution in [1.82, 2.24) is 20.2 Å². The fourth-order valence-corrected chi connectivity index (χ4v) is 2.93. The van der Waals surface area contributed by atoms with E-state index >= 15 is 0 Å². The van der Waals surface area contributed by atoms with Gasteiger partial charge < -0.3 is 15.9 Å². The Kier molecular flexibility index (Phi) is 6.08. The largest absolute Gasteiger partial charge is 0.485 e. The predicted molar refractivity (Wildman–Crippen MR) is 94.4 cm³/mol. The van der Waals surface area contributed by atoms with Gasteiger partial charge in [-0.3, -0.25) is 4.79 Å². The van der Waals surface area contributed by atoms with E-state index in [1.165, 1.54) is 22.0 Å². The molecule has 0 saturated carbocycles. The molecule has 0 unspecified atom stereocenters. The molecule has 130 valence electrons. The minimum absolute atomic E-state index is 0.0569. The summed E-state index contributed by atoms with van der Waals surface area (Å²) in [6.45, 7) is 8.51. The number of rotatable bonds is 7. The van der Waals surface area contributed by atoms with Gasteiger partial charge >= 0.3 is 0 Å². The highest BCUT2D eigenvalue weighted by atomic mass is 32.2. The van der Waals surface area contributed by atoms with Crippen molar-refractivity contribution in [2.45, 2.75) is 44.7 Å². The second-order valence-electron chi connectivity index (χ2n) is 5.48. The molecule has 3 N–H and O–H groups in total. The second kappa shape index (κ2) is 8.05. The van der Waals surface area contributed by atoms with E-state index in [-0.39, 0.29) is 17.8 Å². The zero-order valence-electron chi connectivity index (χ0n) is 14.4. The summed E-state index contributed by atoms with van der Waals surface area (Å²) < 4.78 is 7.14. The van der Waals surface area contributed by atoms with Crippen LogP contribution in [-0.2, 0) is 11.4 Å². The highest BCUT2D eigenvalue weighted by Gasteiger charge is 2.19. The molecule has 0 bridgehead atoms. The molecular weight excluding hydrogens is 326 g/mol. The number of hydrogen-bond donors (Lipinski definition) is 2. The number of thioether (sulfide) groups is 1. The van der Waals surface area contributed by atoms with Crippen LogP contribution in [0.15, 0.2) is 23.4 Å². The van der Waals surface area contributed by atoms with E-state index in [0.717, 1.165) is 11.3 Å². The van der Waals surface area contributed by atoms with Crippen molar-refractivity contribution >= 4 is 17.7 Å². The molecule has 2 rings (SSSR count). The molecule has 8 heteroatoms. The molecule has 1 amide bonds. The molecule has 0 spiro atoms. The third-order valence-electron chi connectivity index (χ3n) is 3.42. The first-order chi connectivity index (χ1) is 11.4. The lowest BCUT2D eigenvalue weighted by atomic mass is 10.1. The Morgan fingerprint density at radius 3 is 2.83 bits per heavy atom. The van der Waals surface area contributed by atoms with E-state index in [1.54, 1.807) is 6.92 Å². The topological polar surface area (TPSA) is 95.1 Å². The van der Waals surface area contributed by atoms with Crippen LogP contribution in [0, 0.1) is 13.8 Å². The molecule has 1 aromatic carbocycles. The zero-order valence-corrected chi connectivity index (χ0v) is 15.2. The number of ether oxygens (including phenoxy) is 1. The Bertz CT molecular complexity index is 716. The van der Waals surface area contributed by atoms with Crippen LogP contribution in [0.4, 0.5) is 0 Å². The lowest BCUT2D eigenvalue weighted by molar-refractivity contribution is -0.120. The fourth-order valence-electron chi connectivity index (χ4n) is 2.12. The summed E-state index contributed by atoms with van der Waals surface area (Å²) in [5, 5.41) is 11.0. The van der Waals surface area contributed by atoms with Crippen LogP contribution in [0.3, 0.4) is 0 Å². The third-order valence-corrected chi connectivity index (χ3v) is 4.48. The van der Waals surface area contributed by atoms with Crippen molar-refractivity contribution in [3.63, 3.8) is 0 Å². The normalized spacial score (nSPS) is 12.0. The molecule has 0 saturated heterocycles. The van der Waals surface area contributed by atoms with Crippen LogP contribution in [-0.4, -0.2) is 32.6 Å². The monoisotopic (exact) mass is 349 g/mol. The third kappa shape index (κ3) is 4.41. The zero-order chi connectivity index (χ0) is 17.7. The minimum Gasteiger partial charge on any atom is -0.485 e. The van der Waals surface area contributed by atoms with Crippen molar-refractivity contribution in [1.29, 1.82) is 0 Å². The lowest BCUT2D eigenvalue weighted by Gasteiger charge is -2.11. The number of amides is 1. The van der Waals surface area contributed by atoms with Crippen molar-refractivity contribution in [2.24, 2.45) is 0 Å². The smallest absolute Gasteiger partial charge is 0.233 e. The van der Waals surface area contributed by atoms with Gasteiger partial charge in [-0.15, -0.1) is 10.2 Å². The SMILES string of the molecule is CCNC(=O)[C@H](C)Sc1nnc(COc2ccc(C)cc2C)n1N. The van der Waals surface area contributed by atoms with Gasteiger partial charge in [0.2, 0.25) is 11.1 Å². The van der Waals surface area contributed by atoms with E-state index in [1.807, 2.05) is 32.9 Å². The molecule has 0 aliphatic rings. The molecule has 0 fully saturated rings. The quantitative estimate of drug-likeness (QED) is 0.585. The number of nitrogens with one attached hydrogen (secondary N) is 1. The highest BCUT2D eigenvalue weighted by Crippen LogP contribution is 2.22. The summed E-state index contributed by atoms with van der Waals surface area (Å²) in [7, 11) is 0. The van der Waals surface area contributed by atoms with Gasteiger partial charge in [0.25, 0.3) is 0 Å². The summed E-state index contributed by atoms with van der Waals surface area (Å²) in [6.07, 6.45) is 0. The number of aromatic nitrogens is 3. The van der Waals surface area contributed by atoms with Crippen molar-refractivity contribution in [3.05, 3.63) is 35.2 Å².